The van der Waals surface area contributed by atoms with Crippen molar-refractivity contribution in [2.45, 2.75) is 26.7 Å². The highest BCUT2D eigenvalue weighted by atomic mass is 16.1. The van der Waals surface area contributed by atoms with Gasteiger partial charge in [0.2, 0.25) is 0 Å². The Morgan fingerprint density at radius 3 is 2.88 bits per heavy atom. The largest absolute Gasteiger partial charge is 0.352 e. The van der Waals surface area contributed by atoms with Crippen LogP contribution in [0.5, 0.6) is 0 Å². The van der Waals surface area contributed by atoms with Crippen LogP contribution in [0.3, 0.4) is 0 Å². The van der Waals surface area contributed by atoms with Crippen LogP contribution >= 0.6 is 0 Å². The maximum atomic E-state index is 11.8. The third-order valence-electron chi connectivity index (χ3n) is 2.42. The summed E-state index contributed by atoms with van der Waals surface area (Å²) in [4.78, 5) is 11.8. The van der Waals surface area contributed by atoms with Gasteiger partial charge in [0.25, 0.3) is 5.91 Å². The number of carbonyl (C=O) groups excluding carboxylic acids is 1. The third-order valence-corrected chi connectivity index (χ3v) is 2.42. The van der Waals surface area contributed by atoms with Gasteiger partial charge in [0.15, 0.2) is 0 Å². The molecule has 1 aromatic carbocycles. The van der Waals surface area contributed by atoms with E-state index in [1.54, 1.807) is 0 Å². The first-order valence-corrected chi connectivity index (χ1v) is 5.44. The molecule has 2 nitrogen and oxygen atoms in total. The standard InChI is InChI=1S/C14H17NO/c1-4-5-6-9-15-14(16)13-10-11(2)7-8-12(13)3/h1,7-8,10H,5-6,9H2,2-3H3,(H,15,16). The van der Waals surface area contributed by atoms with E-state index in [-0.39, 0.29) is 5.91 Å². The van der Waals surface area contributed by atoms with Crippen LogP contribution in [0.2, 0.25) is 0 Å². The molecule has 84 valence electrons. The molecule has 0 bridgehead atoms. The summed E-state index contributed by atoms with van der Waals surface area (Å²) in [6, 6.07) is 5.88. The molecule has 0 atom stereocenters. The first-order chi connectivity index (χ1) is 7.65. The van der Waals surface area contributed by atoms with E-state index >= 15 is 0 Å². The van der Waals surface area contributed by atoms with E-state index in [0.29, 0.717) is 13.0 Å². The lowest BCUT2D eigenvalue weighted by atomic mass is 10.1. The van der Waals surface area contributed by atoms with Gasteiger partial charge in [-0.1, -0.05) is 17.7 Å². The SMILES string of the molecule is C#CCCCNC(=O)c1cc(C)ccc1C. The molecular formula is C14H17NO. The zero-order valence-electron chi connectivity index (χ0n) is 9.84. The predicted octanol–water partition coefficient (Wildman–Crippen LogP) is 2.45. The lowest BCUT2D eigenvalue weighted by Crippen LogP contribution is -2.25. The molecule has 1 N–H and O–H groups in total. The summed E-state index contributed by atoms with van der Waals surface area (Å²) < 4.78 is 0. The van der Waals surface area contributed by atoms with E-state index in [1.807, 2.05) is 32.0 Å². The molecular weight excluding hydrogens is 198 g/mol. The van der Waals surface area contributed by atoms with Gasteiger partial charge in [-0.05, 0) is 31.9 Å². The number of benzene rings is 1. The Morgan fingerprint density at radius 2 is 2.19 bits per heavy atom. The summed E-state index contributed by atoms with van der Waals surface area (Å²) in [6.45, 7) is 4.56. The van der Waals surface area contributed by atoms with Gasteiger partial charge in [0.1, 0.15) is 0 Å². The summed E-state index contributed by atoms with van der Waals surface area (Å²) in [5.74, 6) is 2.53. The van der Waals surface area contributed by atoms with Crippen molar-refractivity contribution in [2.75, 3.05) is 6.54 Å². The van der Waals surface area contributed by atoms with Crippen molar-refractivity contribution in [1.29, 1.82) is 0 Å². The van der Waals surface area contributed by atoms with Gasteiger partial charge < -0.3 is 5.32 Å². The Balaban J connectivity index is 2.59. The number of nitrogens with one attached hydrogen (secondary N) is 1. The molecule has 0 saturated carbocycles. The minimum absolute atomic E-state index is 0.0155. The second-order valence-corrected chi connectivity index (χ2v) is 3.88. The van der Waals surface area contributed by atoms with Gasteiger partial charge in [-0.25, -0.2) is 0 Å². The number of amides is 1. The fourth-order valence-corrected chi connectivity index (χ4v) is 1.47. The van der Waals surface area contributed by atoms with Crippen molar-refractivity contribution in [2.24, 2.45) is 0 Å². The second-order valence-electron chi connectivity index (χ2n) is 3.88. The number of unbranched alkanes of at least 4 members (excludes halogenated alkanes) is 1. The van der Waals surface area contributed by atoms with E-state index in [1.165, 1.54) is 0 Å². The highest BCUT2D eigenvalue weighted by Gasteiger charge is 2.07. The molecule has 1 aromatic rings. The van der Waals surface area contributed by atoms with Crippen LogP contribution in [0, 0.1) is 26.2 Å². The molecule has 0 spiro atoms. The van der Waals surface area contributed by atoms with Crippen LogP contribution in [-0.4, -0.2) is 12.5 Å². The number of aryl methyl sites for hydroxylation is 2. The number of hydrogen-bond acceptors (Lipinski definition) is 1. The number of carbonyl (C=O) groups is 1. The first-order valence-electron chi connectivity index (χ1n) is 5.44. The Morgan fingerprint density at radius 1 is 1.44 bits per heavy atom. The number of rotatable bonds is 4. The molecule has 0 aromatic heterocycles. The first kappa shape index (κ1) is 12.3. The Hall–Kier alpha value is -1.75. The normalized spacial score (nSPS) is 9.56. The molecule has 0 unspecified atom stereocenters. The molecule has 0 saturated heterocycles. The summed E-state index contributed by atoms with van der Waals surface area (Å²) in [7, 11) is 0. The molecule has 16 heavy (non-hydrogen) atoms. The predicted molar refractivity (Wildman–Crippen MR) is 66.3 cm³/mol. The third kappa shape index (κ3) is 3.43. The summed E-state index contributed by atoms with van der Waals surface area (Å²) in [5, 5.41) is 2.87. The van der Waals surface area contributed by atoms with Gasteiger partial charge in [0, 0.05) is 18.5 Å². The van der Waals surface area contributed by atoms with Gasteiger partial charge in [-0.2, -0.15) is 0 Å². The molecule has 0 fully saturated rings. The van der Waals surface area contributed by atoms with Gasteiger partial charge in [-0.15, -0.1) is 12.3 Å². The lowest BCUT2D eigenvalue weighted by molar-refractivity contribution is 0.0952. The zero-order valence-corrected chi connectivity index (χ0v) is 9.84. The van der Waals surface area contributed by atoms with Crippen LogP contribution in [0.15, 0.2) is 18.2 Å². The second kappa shape index (κ2) is 5.97. The maximum Gasteiger partial charge on any atom is 0.251 e. The Labute approximate surface area is 97.1 Å². The number of hydrogen-bond donors (Lipinski definition) is 1. The van der Waals surface area contributed by atoms with E-state index in [9.17, 15) is 4.79 Å². The highest BCUT2D eigenvalue weighted by Crippen LogP contribution is 2.10. The number of terminal acetylenes is 1. The quantitative estimate of drug-likeness (QED) is 0.606. The van der Waals surface area contributed by atoms with Crippen molar-refractivity contribution in [3.63, 3.8) is 0 Å². The van der Waals surface area contributed by atoms with Gasteiger partial charge in [0.05, 0.1) is 0 Å². The summed E-state index contributed by atoms with van der Waals surface area (Å²) >= 11 is 0. The maximum absolute atomic E-state index is 11.8. The van der Waals surface area contributed by atoms with Crippen molar-refractivity contribution in [3.8, 4) is 12.3 Å². The molecule has 0 aliphatic heterocycles. The van der Waals surface area contributed by atoms with E-state index in [0.717, 1.165) is 23.1 Å². The van der Waals surface area contributed by atoms with Crippen LogP contribution in [0.1, 0.15) is 34.3 Å². The van der Waals surface area contributed by atoms with Crippen LogP contribution in [-0.2, 0) is 0 Å². The molecule has 0 heterocycles. The van der Waals surface area contributed by atoms with Crippen LogP contribution in [0.25, 0.3) is 0 Å². The Kier molecular flexibility index (Phi) is 4.60. The summed E-state index contributed by atoms with van der Waals surface area (Å²) in [6.07, 6.45) is 6.67. The Bertz CT molecular complexity index is 415. The lowest BCUT2D eigenvalue weighted by Gasteiger charge is -2.07. The van der Waals surface area contributed by atoms with Crippen molar-refractivity contribution >= 4 is 5.91 Å². The van der Waals surface area contributed by atoms with Crippen molar-refractivity contribution in [3.05, 3.63) is 34.9 Å². The average molecular weight is 215 g/mol. The minimum Gasteiger partial charge on any atom is -0.352 e. The summed E-state index contributed by atoms with van der Waals surface area (Å²) in [5.41, 5.74) is 2.85. The minimum atomic E-state index is -0.0155. The zero-order chi connectivity index (χ0) is 12.0. The fraction of sp³-hybridized carbons (Fsp3) is 0.357. The molecule has 0 radical (unpaired) electrons. The van der Waals surface area contributed by atoms with E-state index in [2.05, 4.69) is 11.2 Å². The average Bonchev–Trinajstić information content (AvgIpc) is 2.27. The molecule has 1 rings (SSSR count). The molecule has 0 aliphatic carbocycles. The fourth-order valence-electron chi connectivity index (χ4n) is 1.47. The van der Waals surface area contributed by atoms with E-state index < -0.39 is 0 Å². The van der Waals surface area contributed by atoms with Crippen molar-refractivity contribution in [1.82, 2.24) is 5.32 Å². The highest BCUT2D eigenvalue weighted by molar-refractivity contribution is 5.95. The van der Waals surface area contributed by atoms with Crippen LogP contribution in [0.4, 0.5) is 0 Å². The molecule has 2 heteroatoms. The molecule has 1 amide bonds. The van der Waals surface area contributed by atoms with Crippen LogP contribution < -0.4 is 5.32 Å². The smallest absolute Gasteiger partial charge is 0.251 e. The monoisotopic (exact) mass is 215 g/mol. The topological polar surface area (TPSA) is 29.1 Å². The van der Waals surface area contributed by atoms with E-state index in [4.69, 9.17) is 6.42 Å². The van der Waals surface area contributed by atoms with Gasteiger partial charge in [-0.3, -0.25) is 4.79 Å². The molecule has 0 aliphatic rings. The van der Waals surface area contributed by atoms with Gasteiger partial charge >= 0.3 is 0 Å². The van der Waals surface area contributed by atoms with Crippen molar-refractivity contribution < 1.29 is 4.79 Å².